The van der Waals surface area contributed by atoms with E-state index in [2.05, 4.69) is 10.1 Å². The molecule has 0 radical (unpaired) electrons. The predicted octanol–water partition coefficient (Wildman–Crippen LogP) is 1.58. The zero-order valence-corrected chi connectivity index (χ0v) is 7.85. The van der Waals surface area contributed by atoms with Gasteiger partial charge in [-0.25, -0.2) is 4.98 Å². The average molecular weight is 188 g/mol. The maximum absolute atomic E-state index is 5.79. The third-order valence-electron chi connectivity index (χ3n) is 3.00. The van der Waals surface area contributed by atoms with E-state index in [1.807, 2.05) is 6.20 Å². The molecule has 0 unspecified atom stereocenters. The van der Waals surface area contributed by atoms with Crippen LogP contribution in [0.1, 0.15) is 30.7 Å². The van der Waals surface area contributed by atoms with Crippen LogP contribution in [-0.4, -0.2) is 14.6 Å². The van der Waals surface area contributed by atoms with E-state index in [1.54, 1.807) is 16.8 Å². The first-order valence-electron chi connectivity index (χ1n) is 4.94. The summed E-state index contributed by atoms with van der Waals surface area (Å²) >= 11 is 0. The molecular weight excluding hydrogens is 176 g/mol. The summed E-state index contributed by atoms with van der Waals surface area (Å²) in [5.41, 5.74) is 7.97. The first-order chi connectivity index (χ1) is 6.86. The minimum atomic E-state index is 0.653. The van der Waals surface area contributed by atoms with Gasteiger partial charge in [-0.15, -0.1) is 0 Å². The van der Waals surface area contributed by atoms with Crippen molar-refractivity contribution in [2.45, 2.75) is 25.2 Å². The summed E-state index contributed by atoms with van der Waals surface area (Å²) < 4.78 is 1.72. The number of aromatic nitrogens is 3. The van der Waals surface area contributed by atoms with Crippen LogP contribution in [0.25, 0.3) is 5.65 Å². The maximum atomic E-state index is 5.79. The Kier molecular flexibility index (Phi) is 1.50. The molecule has 1 fully saturated rings. The van der Waals surface area contributed by atoms with Crippen molar-refractivity contribution in [2.24, 2.45) is 0 Å². The van der Waals surface area contributed by atoms with E-state index in [0.29, 0.717) is 11.7 Å². The van der Waals surface area contributed by atoms with E-state index in [1.165, 1.54) is 24.8 Å². The molecule has 0 bridgehead atoms. The van der Waals surface area contributed by atoms with Gasteiger partial charge in [0.25, 0.3) is 0 Å². The van der Waals surface area contributed by atoms with Crippen molar-refractivity contribution >= 4 is 11.5 Å². The molecule has 3 rings (SSSR count). The molecule has 14 heavy (non-hydrogen) atoms. The lowest BCUT2D eigenvalue weighted by molar-refractivity contribution is 0.421. The van der Waals surface area contributed by atoms with Crippen molar-refractivity contribution in [3.8, 4) is 0 Å². The molecule has 0 atom stereocenters. The Morgan fingerprint density at radius 1 is 1.43 bits per heavy atom. The summed E-state index contributed by atoms with van der Waals surface area (Å²) in [6, 6.07) is 1.77. The lowest BCUT2D eigenvalue weighted by Gasteiger charge is -2.23. The van der Waals surface area contributed by atoms with Crippen LogP contribution in [0.3, 0.4) is 0 Å². The highest BCUT2D eigenvalue weighted by Crippen LogP contribution is 2.37. The molecule has 72 valence electrons. The van der Waals surface area contributed by atoms with E-state index < -0.39 is 0 Å². The fraction of sp³-hybridized carbons (Fsp3) is 0.400. The number of hydrogen-bond acceptors (Lipinski definition) is 3. The maximum Gasteiger partial charge on any atom is 0.160 e. The van der Waals surface area contributed by atoms with Gasteiger partial charge >= 0.3 is 0 Å². The van der Waals surface area contributed by atoms with Gasteiger partial charge in [-0.05, 0) is 24.8 Å². The molecule has 1 aliphatic carbocycles. The second kappa shape index (κ2) is 2.70. The monoisotopic (exact) mass is 188 g/mol. The highest BCUT2D eigenvalue weighted by atomic mass is 15.3. The molecule has 4 nitrogen and oxygen atoms in total. The Balaban J connectivity index is 2.20. The molecule has 2 N–H and O–H groups in total. The second-order valence-electron chi connectivity index (χ2n) is 3.83. The number of nitrogens with zero attached hydrogens (tertiary/aromatic N) is 3. The topological polar surface area (TPSA) is 56.2 Å². The van der Waals surface area contributed by atoms with Gasteiger partial charge in [-0.2, -0.15) is 9.61 Å². The van der Waals surface area contributed by atoms with Gasteiger partial charge in [0.1, 0.15) is 5.82 Å². The van der Waals surface area contributed by atoms with E-state index in [4.69, 9.17) is 5.73 Å². The van der Waals surface area contributed by atoms with Crippen molar-refractivity contribution in [2.75, 3.05) is 5.73 Å². The fourth-order valence-corrected chi connectivity index (χ4v) is 1.93. The molecule has 1 aliphatic rings. The first kappa shape index (κ1) is 7.79. The third kappa shape index (κ3) is 0.937. The molecule has 2 heterocycles. The summed E-state index contributed by atoms with van der Waals surface area (Å²) in [7, 11) is 0. The lowest BCUT2D eigenvalue weighted by atomic mass is 9.81. The largest absolute Gasteiger partial charge is 0.384 e. The van der Waals surface area contributed by atoms with Gasteiger partial charge in [0.15, 0.2) is 5.65 Å². The average Bonchev–Trinajstić information content (AvgIpc) is 2.48. The Bertz CT molecular complexity index is 470. The number of fused-ring (bicyclic) bond motifs is 1. The zero-order valence-electron chi connectivity index (χ0n) is 7.85. The summed E-state index contributed by atoms with van der Waals surface area (Å²) in [6.07, 6.45) is 7.50. The van der Waals surface area contributed by atoms with Crippen molar-refractivity contribution in [3.05, 3.63) is 24.0 Å². The molecule has 0 aromatic carbocycles. The predicted molar refractivity (Wildman–Crippen MR) is 54.0 cm³/mol. The smallest absolute Gasteiger partial charge is 0.160 e. The zero-order chi connectivity index (χ0) is 9.54. The van der Waals surface area contributed by atoms with Crippen molar-refractivity contribution in [1.82, 2.24) is 14.6 Å². The second-order valence-corrected chi connectivity index (χ2v) is 3.83. The van der Waals surface area contributed by atoms with Crippen LogP contribution in [0.15, 0.2) is 18.5 Å². The van der Waals surface area contributed by atoms with Gasteiger partial charge in [0.05, 0.1) is 6.20 Å². The highest BCUT2D eigenvalue weighted by molar-refractivity contribution is 5.53. The van der Waals surface area contributed by atoms with Gasteiger partial charge in [0.2, 0.25) is 0 Å². The molecule has 0 amide bonds. The van der Waals surface area contributed by atoms with Crippen molar-refractivity contribution in [3.63, 3.8) is 0 Å². The van der Waals surface area contributed by atoms with Crippen LogP contribution in [-0.2, 0) is 0 Å². The van der Waals surface area contributed by atoms with E-state index in [-0.39, 0.29) is 0 Å². The molecule has 0 aliphatic heterocycles. The number of hydrogen-bond donors (Lipinski definition) is 1. The van der Waals surface area contributed by atoms with Crippen LogP contribution >= 0.6 is 0 Å². The summed E-state index contributed by atoms with van der Waals surface area (Å²) in [5, 5.41) is 4.25. The van der Waals surface area contributed by atoms with Crippen LogP contribution in [0, 0.1) is 0 Å². The number of nitrogens with two attached hydrogens (primary N) is 1. The number of anilines is 1. The van der Waals surface area contributed by atoms with Gasteiger partial charge in [0, 0.05) is 11.8 Å². The Morgan fingerprint density at radius 3 is 3.00 bits per heavy atom. The lowest BCUT2D eigenvalue weighted by Crippen LogP contribution is -2.09. The normalized spacial score (nSPS) is 17.1. The van der Waals surface area contributed by atoms with E-state index in [0.717, 1.165) is 5.65 Å². The molecule has 2 aromatic rings. The molecule has 1 saturated carbocycles. The van der Waals surface area contributed by atoms with Crippen LogP contribution in [0.2, 0.25) is 0 Å². The Labute approximate surface area is 81.8 Å². The van der Waals surface area contributed by atoms with Crippen molar-refractivity contribution in [1.29, 1.82) is 0 Å². The van der Waals surface area contributed by atoms with Gasteiger partial charge in [-0.3, -0.25) is 0 Å². The summed E-state index contributed by atoms with van der Waals surface area (Å²) in [6.45, 7) is 0. The Hall–Kier alpha value is -1.58. The van der Waals surface area contributed by atoms with Gasteiger partial charge < -0.3 is 5.73 Å². The molecule has 4 heteroatoms. The quantitative estimate of drug-likeness (QED) is 0.739. The Morgan fingerprint density at radius 2 is 2.29 bits per heavy atom. The molecule has 0 saturated heterocycles. The number of rotatable bonds is 1. The highest BCUT2D eigenvalue weighted by Gasteiger charge is 2.23. The van der Waals surface area contributed by atoms with Crippen LogP contribution < -0.4 is 5.73 Å². The molecule has 0 spiro atoms. The SMILES string of the molecule is Nc1ccnc2c(C3CCC3)cnn12. The minimum absolute atomic E-state index is 0.653. The standard InChI is InChI=1S/C10H12N4/c11-9-4-5-12-10-8(6-13-14(9)10)7-2-1-3-7/h4-7H,1-3,11H2. The van der Waals surface area contributed by atoms with Crippen molar-refractivity contribution < 1.29 is 0 Å². The molecule has 2 aromatic heterocycles. The van der Waals surface area contributed by atoms with Crippen LogP contribution in [0.4, 0.5) is 5.82 Å². The first-order valence-corrected chi connectivity index (χ1v) is 4.94. The van der Waals surface area contributed by atoms with Crippen LogP contribution in [0.5, 0.6) is 0 Å². The summed E-state index contributed by atoms with van der Waals surface area (Å²) in [5.74, 6) is 1.31. The van der Waals surface area contributed by atoms with E-state index >= 15 is 0 Å². The van der Waals surface area contributed by atoms with E-state index in [9.17, 15) is 0 Å². The minimum Gasteiger partial charge on any atom is -0.384 e. The third-order valence-corrected chi connectivity index (χ3v) is 3.00. The molecular formula is C10H12N4. The number of nitrogen functional groups attached to an aromatic ring is 1. The summed E-state index contributed by atoms with van der Waals surface area (Å²) in [4.78, 5) is 4.33. The fourth-order valence-electron chi connectivity index (χ4n) is 1.93. The van der Waals surface area contributed by atoms with Gasteiger partial charge in [-0.1, -0.05) is 6.42 Å².